The maximum Gasteiger partial charge on any atom is 0.138 e. The van der Waals surface area contributed by atoms with Gasteiger partial charge in [-0.25, -0.2) is 0 Å². The Morgan fingerprint density at radius 1 is 1.40 bits per heavy atom. The largest absolute Gasteiger partial charge is 0.279 e. The smallest absolute Gasteiger partial charge is 0.138 e. The van der Waals surface area contributed by atoms with Crippen LogP contribution in [0.2, 0.25) is 0 Å². The maximum atomic E-state index is 8.06. The molecule has 0 bridgehead atoms. The molecule has 0 aromatic heterocycles. The van der Waals surface area contributed by atoms with Gasteiger partial charge in [0, 0.05) is 18.6 Å². The van der Waals surface area contributed by atoms with Crippen LogP contribution in [-0.2, 0) is 23.1 Å². The third-order valence-electron chi connectivity index (χ3n) is 0. The van der Waals surface area contributed by atoms with Gasteiger partial charge in [-0.2, -0.15) is 0 Å². The predicted octanol–water partition coefficient (Wildman–Crippen LogP) is 0.963. The first-order valence-corrected chi connectivity index (χ1v) is 2.34. The minimum Gasteiger partial charge on any atom is -0.279 e. The van der Waals surface area contributed by atoms with Crippen molar-refractivity contribution in [1.82, 2.24) is 0 Å². The Kier molecular flexibility index (Phi) is 230. The van der Waals surface area contributed by atoms with Crippen LogP contribution < -0.4 is 0 Å². The molecule has 0 aliphatic heterocycles. The Morgan fingerprint density at radius 2 is 1.40 bits per heavy atom. The minimum atomic E-state index is 0. The Balaban J connectivity index is -0.0000000133. The first kappa shape index (κ1) is 16.5. The van der Waals surface area contributed by atoms with E-state index in [4.69, 9.17) is 4.57 Å². The first-order chi connectivity index (χ1) is 2.00. The third kappa shape index (κ3) is 39.9. The summed E-state index contributed by atoms with van der Waals surface area (Å²) >= 11 is 0. The van der Waals surface area contributed by atoms with Gasteiger partial charge in [0.05, 0.1) is 0 Å². The van der Waals surface area contributed by atoms with Crippen molar-refractivity contribution in [2.45, 2.75) is 0 Å². The summed E-state index contributed by atoms with van der Waals surface area (Å²) in [5.74, 6) is 0. The van der Waals surface area contributed by atoms with Crippen LogP contribution >= 0.6 is 18.4 Å². The Labute approximate surface area is 48.6 Å². The second-order valence-corrected chi connectivity index (χ2v) is 0. The van der Waals surface area contributed by atoms with Crippen molar-refractivity contribution in [2.24, 2.45) is 0 Å². The minimum absolute atomic E-state index is 0. The second-order valence-electron chi connectivity index (χ2n) is 0. The fourth-order valence-electron chi connectivity index (χ4n) is 0. The van der Waals surface area contributed by atoms with Crippen molar-refractivity contribution in [2.75, 3.05) is 6.66 Å². The fourth-order valence-corrected chi connectivity index (χ4v) is 0. The number of hydrogen-bond donors (Lipinski definition) is 0. The SMILES string of the molecule is CP.O=P.[V]. The van der Waals surface area contributed by atoms with Gasteiger partial charge in [-0.05, 0) is 0 Å². The van der Waals surface area contributed by atoms with Crippen molar-refractivity contribution in [1.29, 1.82) is 0 Å². The first-order valence-electron chi connectivity index (χ1n) is 0.781. The normalized spacial score (nSPS) is 2.00. The van der Waals surface area contributed by atoms with Gasteiger partial charge in [0.15, 0.2) is 0 Å². The van der Waals surface area contributed by atoms with E-state index in [1.54, 1.807) is 9.12 Å². The molecule has 0 aliphatic carbocycles. The van der Waals surface area contributed by atoms with Crippen LogP contribution in [0.15, 0.2) is 0 Å². The van der Waals surface area contributed by atoms with E-state index >= 15 is 0 Å². The van der Waals surface area contributed by atoms with Crippen LogP contribution in [0.4, 0.5) is 0 Å². The molecule has 1 radical (unpaired) electrons. The molecule has 0 aliphatic rings. The van der Waals surface area contributed by atoms with E-state index in [-0.39, 0.29) is 18.6 Å². The van der Waals surface area contributed by atoms with Gasteiger partial charge in [-0.1, -0.05) is 6.66 Å². The van der Waals surface area contributed by atoms with E-state index < -0.39 is 0 Å². The summed E-state index contributed by atoms with van der Waals surface area (Å²) in [6.07, 6.45) is 0. The molecular weight excluding hydrogens is 141 g/mol. The number of hydrogen-bond acceptors (Lipinski definition) is 1. The van der Waals surface area contributed by atoms with Crippen LogP contribution in [-0.4, -0.2) is 6.66 Å². The summed E-state index contributed by atoms with van der Waals surface area (Å²) in [6, 6.07) is 0. The van der Waals surface area contributed by atoms with Crippen molar-refractivity contribution in [3.8, 4) is 0 Å². The van der Waals surface area contributed by atoms with Gasteiger partial charge in [0.25, 0.3) is 0 Å². The van der Waals surface area contributed by atoms with E-state index in [0.717, 1.165) is 0 Å². The molecule has 0 spiro atoms. The van der Waals surface area contributed by atoms with E-state index in [1.807, 2.05) is 6.66 Å². The monoisotopic (exact) mass is 147 g/mol. The van der Waals surface area contributed by atoms with Gasteiger partial charge < -0.3 is 0 Å². The van der Waals surface area contributed by atoms with Gasteiger partial charge in [-0.3, -0.25) is 4.57 Å². The van der Waals surface area contributed by atoms with E-state index in [2.05, 4.69) is 9.24 Å². The Morgan fingerprint density at radius 3 is 1.40 bits per heavy atom. The van der Waals surface area contributed by atoms with Crippen LogP contribution in [0.1, 0.15) is 0 Å². The molecule has 1 unspecified atom stereocenters. The molecule has 0 fully saturated rings. The van der Waals surface area contributed by atoms with Crippen LogP contribution in [0.5, 0.6) is 0 Å². The number of rotatable bonds is 0. The van der Waals surface area contributed by atoms with E-state index in [0.29, 0.717) is 0 Å². The molecule has 0 aromatic rings. The van der Waals surface area contributed by atoms with Gasteiger partial charge in [0.2, 0.25) is 0 Å². The van der Waals surface area contributed by atoms with E-state index in [1.165, 1.54) is 0 Å². The molecule has 0 saturated carbocycles. The molecule has 1 atom stereocenters. The van der Waals surface area contributed by atoms with Crippen molar-refractivity contribution >= 4 is 18.4 Å². The quantitative estimate of drug-likeness (QED) is 0.466. The zero-order chi connectivity index (χ0) is 4.00. The van der Waals surface area contributed by atoms with Crippen LogP contribution in [0, 0.1) is 0 Å². The molecular formula is CH6OP2V. The summed E-state index contributed by atoms with van der Waals surface area (Å²) < 4.78 is 8.06. The fraction of sp³-hybridized carbons (Fsp3) is 1.00. The average Bonchev–Trinajstić information content (AvgIpc) is 1.50. The molecule has 0 heterocycles. The summed E-state index contributed by atoms with van der Waals surface area (Å²) in [5, 5.41) is 0. The molecule has 5 heavy (non-hydrogen) atoms. The summed E-state index contributed by atoms with van der Waals surface area (Å²) in [5.41, 5.74) is 0. The zero-order valence-electron chi connectivity index (χ0n) is 2.93. The molecule has 31 valence electrons. The molecule has 0 N–H and O–H groups in total. The Hall–Kier alpha value is 1.11. The Bertz CT molecular complexity index is 9.61. The van der Waals surface area contributed by atoms with Crippen molar-refractivity contribution in [3.63, 3.8) is 0 Å². The topological polar surface area (TPSA) is 17.1 Å². The molecule has 0 rings (SSSR count). The van der Waals surface area contributed by atoms with Gasteiger partial charge in [-0.15, -0.1) is 9.24 Å². The predicted molar refractivity (Wildman–Crippen MR) is 24.6 cm³/mol. The molecule has 0 aromatic carbocycles. The van der Waals surface area contributed by atoms with Gasteiger partial charge >= 0.3 is 0 Å². The second kappa shape index (κ2) is 69.7. The van der Waals surface area contributed by atoms with E-state index in [9.17, 15) is 0 Å². The molecule has 1 nitrogen and oxygen atoms in total. The maximum absolute atomic E-state index is 8.06. The molecule has 0 saturated heterocycles. The summed E-state index contributed by atoms with van der Waals surface area (Å²) in [4.78, 5) is 0. The van der Waals surface area contributed by atoms with Crippen molar-refractivity contribution in [3.05, 3.63) is 0 Å². The summed E-state index contributed by atoms with van der Waals surface area (Å²) in [6.45, 7) is 1.92. The molecule has 4 heteroatoms. The third-order valence-corrected chi connectivity index (χ3v) is 0. The van der Waals surface area contributed by atoms with Crippen LogP contribution in [0.25, 0.3) is 0 Å². The van der Waals surface area contributed by atoms with Gasteiger partial charge in [0.1, 0.15) is 9.12 Å². The average molecular weight is 147 g/mol. The van der Waals surface area contributed by atoms with Crippen LogP contribution in [0.3, 0.4) is 0 Å². The standard InChI is InChI=1S/CH5P.HOP.V/c2*1-2;/h2H2,1H3;2H;. The van der Waals surface area contributed by atoms with Crippen molar-refractivity contribution < 1.29 is 23.1 Å². The summed E-state index contributed by atoms with van der Waals surface area (Å²) in [7, 11) is 4.14. The zero-order valence-corrected chi connectivity index (χ0v) is 6.48. The molecule has 0 amide bonds.